The van der Waals surface area contributed by atoms with Gasteiger partial charge in [-0.1, -0.05) is 6.58 Å². The van der Waals surface area contributed by atoms with E-state index in [0.717, 1.165) is 0 Å². The zero-order valence-corrected chi connectivity index (χ0v) is 4.53. The van der Waals surface area contributed by atoms with Crippen LogP contribution in [-0.2, 0) is 0 Å². The van der Waals surface area contributed by atoms with Crippen LogP contribution in [0.2, 0.25) is 0 Å². The lowest BCUT2D eigenvalue weighted by Gasteiger charge is -1.95. The molecule has 0 atom stereocenters. The molecule has 0 heterocycles. The van der Waals surface area contributed by atoms with E-state index in [4.69, 9.17) is 5.73 Å². The summed E-state index contributed by atoms with van der Waals surface area (Å²) in [7, 11) is 0. The highest BCUT2D eigenvalue weighted by atomic mass is 19.3. The Balaban J connectivity index is 3.05. The molecule has 0 fully saturated rings. The van der Waals surface area contributed by atoms with Crippen molar-refractivity contribution in [3.8, 4) is 0 Å². The van der Waals surface area contributed by atoms with Gasteiger partial charge in [0.15, 0.2) is 0 Å². The standard InChI is InChI=1S/C5H9F2N/c1-4(8)2-3-5(6)7/h5H,1-3,8H2. The van der Waals surface area contributed by atoms with E-state index >= 15 is 0 Å². The average Bonchev–Trinajstić information content (AvgIpc) is 1.61. The minimum absolute atomic E-state index is 0.171. The molecule has 0 saturated carbocycles. The summed E-state index contributed by atoms with van der Waals surface area (Å²) in [5, 5.41) is 0. The van der Waals surface area contributed by atoms with Crippen molar-refractivity contribution in [2.45, 2.75) is 19.3 Å². The number of nitrogens with two attached hydrogens (primary N) is 1. The highest BCUT2D eigenvalue weighted by molar-refractivity contribution is 4.85. The van der Waals surface area contributed by atoms with Gasteiger partial charge in [-0.2, -0.15) is 0 Å². The van der Waals surface area contributed by atoms with Crippen LogP contribution in [0.3, 0.4) is 0 Å². The summed E-state index contributed by atoms with van der Waals surface area (Å²) >= 11 is 0. The third-order valence-electron chi connectivity index (χ3n) is 0.684. The van der Waals surface area contributed by atoms with Crippen LogP contribution in [0.4, 0.5) is 8.78 Å². The number of allylic oxidation sites excluding steroid dienone is 1. The van der Waals surface area contributed by atoms with Crippen molar-refractivity contribution in [3.05, 3.63) is 12.3 Å². The minimum atomic E-state index is -2.25. The highest BCUT2D eigenvalue weighted by Crippen LogP contribution is 2.04. The van der Waals surface area contributed by atoms with Gasteiger partial charge in [-0.05, 0) is 6.42 Å². The Morgan fingerprint density at radius 3 is 2.25 bits per heavy atom. The van der Waals surface area contributed by atoms with Gasteiger partial charge >= 0.3 is 0 Å². The number of alkyl halides is 2. The Hall–Kier alpha value is -0.600. The lowest BCUT2D eigenvalue weighted by molar-refractivity contribution is 0.138. The summed E-state index contributed by atoms with van der Waals surface area (Å²) in [6, 6.07) is 0. The molecule has 0 amide bonds. The predicted octanol–water partition coefficient (Wildman–Crippen LogP) is 1.50. The second-order valence-corrected chi connectivity index (χ2v) is 1.59. The van der Waals surface area contributed by atoms with Crippen molar-refractivity contribution in [1.82, 2.24) is 0 Å². The fourth-order valence-electron chi connectivity index (χ4n) is 0.295. The lowest BCUT2D eigenvalue weighted by Crippen LogP contribution is -1.98. The molecule has 0 aromatic rings. The molecule has 0 aliphatic heterocycles. The fourth-order valence-corrected chi connectivity index (χ4v) is 0.295. The van der Waals surface area contributed by atoms with Gasteiger partial charge in [0.25, 0.3) is 0 Å². The first kappa shape index (κ1) is 7.40. The molecular weight excluding hydrogens is 112 g/mol. The number of hydrogen-bond acceptors (Lipinski definition) is 1. The maximum atomic E-state index is 11.3. The summed E-state index contributed by atoms with van der Waals surface area (Å²) in [5.74, 6) is 0. The van der Waals surface area contributed by atoms with Crippen LogP contribution in [0.1, 0.15) is 12.8 Å². The van der Waals surface area contributed by atoms with Gasteiger partial charge in [0.05, 0.1) is 0 Å². The molecule has 0 bridgehead atoms. The van der Waals surface area contributed by atoms with Crippen molar-refractivity contribution >= 4 is 0 Å². The summed E-state index contributed by atoms with van der Waals surface area (Å²) in [6.45, 7) is 3.27. The van der Waals surface area contributed by atoms with Crippen LogP contribution >= 0.6 is 0 Å². The molecule has 48 valence electrons. The summed E-state index contributed by atoms with van der Waals surface area (Å²) in [4.78, 5) is 0. The molecule has 3 heteroatoms. The van der Waals surface area contributed by atoms with Crippen molar-refractivity contribution in [2.75, 3.05) is 0 Å². The Kier molecular flexibility index (Phi) is 3.15. The van der Waals surface area contributed by atoms with Crippen molar-refractivity contribution in [2.24, 2.45) is 5.73 Å². The van der Waals surface area contributed by atoms with Crippen LogP contribution in [0.15, 0.2) is 12.3 Å². The van der Waals surface area contributed by atoms with Gasteiger partial charge in [0, 0.05) is 12.1 Å². The summed E-state index contributed by atoms with van der Waals surface area (Å²) < 4.78 is 22.6. The maximum absolute atomic E-state index is 11.3. The van der Waals surface area contributed by atoms with E-state index in [9.17, 15) is 8.78 Å². The summed E-state index contributed by atoms with van der Waals surface area (Å²) in [5.41, 5.74) is 5.34. The van der Waals surface area contributed by atoms with Gasteiger partial charge in [-0.25, -0.2) is 8.78 Å². The molecule has 0 rings (SSSR count). The van der Waals surface area contributed by atoms with Gasteiger partial charge in [0.2, 0.25) is 6.43 Å². The SMILES string of the molecule is C=C(N)CCC(F)F. The Labute approximate surface area is 47.2 Å². The predicted molar refractivity (Wildman–Crippen MR) is 28.6 cm³/mol. The molecule has 0 aromatic heterocycles. The topological polar surface area (TPSA) is 26.0 Å². The molecule has 0 saturated heterocycles. The van der Waals surface area contributed by atoms with Crippen molar-refractivity contribution in [1.29, 1.82) is 0 Å². The number of rotatable bonds is 3. The van der Waals surface area contributed by atoms with Crippen molar-refractivity contribution < 1.29 is 8.78 Å². The van der Waals surface area contributed by atoms with E-state index < -0.39 is 6.43 Å². The number of halogens is 2. The van der Waals surface area contributed by atoms with Gasteiger partial charge in [-0.3, -0.25) is 0 Å². The Morgan fingerprint density at radius 2 is 2.12 bits per heavy atom. The van der Waals surface area contributed by atoms with Crippen LogP contribution in [0, 0.1) is 0 Å². The van der Waals surface area contributed by atoms with Crippen LogP contribution in [-0.4, -0.2) is 6.43 Å². The van der Waals surface area contributed by atoms with E-state index in [2.05, 4.69) is 6.58 Å². The molecule has 0 spiro atoms. The van der Waals surface area contributed by atoms with E-state index in [1.54, 1.807) is 0 Å². The maximum Gasteiger partial charge on any atom is 0.239 e. The average molecular weight is 121 g/mol. The van der Waals surface area contributed by atoms with Gasteiger partial charge in [0.1, 0.15) is 0 Å². The van der Waals surface area contributed by atoms with Crippen LogP contribution in [0.25, 0.3) is 0 Å². The lowest BCUT2D eigenvalue weighted by atomic mass is 10.3. The first-order valence-corrected chi connectivity index (χ1v) is 2.34. The van der Waals surface area contributed by atoms with E-state index in [1.807, 2.05) is 0 Å². The first-order chi connectivity index (χ1) is 3.63. The molecular formula is C5H9F2N. The molecule has 2 N–H and O–H groups in total. The highest BCUT2D eigenvalue weighted by Gasteiger charge is 2.00. The smallest absolute Gasteiger partial charge is 0.239 e. The Bertz CT molecular complexity index is 80.5. The molecule has 0 aliphatic rings. The molecule has 0 aliphatic carbocycles. The quantitative estimate of drug-likeness (QED) is 0.601. The third-order valence-corrected chi connectivity index (χ3v) is 0.684. The van der Waals surface area contributed by atoms with Gasteiger partial charge < -0.3 is 5.73 Å². The molecule has 8 heavy (non-hydrogen) atoms. The third kappa shape index (κ3) is 5.40. The van der Waals surface area contributed by atoms with Crippen LogP contribution < -0.4 is 5.73 Å². The largest absolute Gasteiger partial charge is 0.403 e. The molecule has 1 nitrogen and oxygen atoms in total. The number of hydrogen-bond donors (Lipinski definition) is 1. The Morgan fingerprint density at radius 1 is 1.62 bits per heavy atom. The molecule has 0 aromatic carbocycles. The second-order valence-electron chi connectivity index (χ2n) is 1.59. The first-order valence-electron chi connectivity index (χ1n) is 2.34. The zero-order valence-electron chi connectivity index (χ0n) is 4.53. The fraction of sp³-hybridized carbons (Fsp3) is 0.600. The monoisotopic (exact) mass is 121 g/mol. The van der Waals surface area contributed by atoms with E-state index in [0.29, 0.717) is 5.70 Å². The van der Waals surface area contributed by atoms with Crippen LogP contribution in [0.5, 0.6) is 0 Å². The molecule has 0 unspecified atom stereocenters. The van der Waals surface area contributed by atoms with Gasteiger partial charge in [-0.15, -0.1) is 0 Å². The van der Waals surface area contributed by atoms with E-state index in [1.165, 1.54) is 0 Å². The zero-order chi connectivity index (χ0) is 6.57. The summed E-state index contributed by atoms with van der Waals surface area (Å²) in [6.07, 6.45) is -2.21. The van der Waals surface area contributed by atoms with E-state index in [-0.39, 0.29) is 12.8 Å². The normalized spacial score (nSPS) is 9.88. The molecule has 0 radical (unpaired) electrons. The second kappa shape index (κ2) is 3.41. The minimum Gasteiger partial charge on any atom is -0.403 e. The van der Waals surface area contributed by atoms with Crippen molar-refractivity contribution in [3.63, 3.8) is 0 Å².